The Bertz CT molecular complexity index is 855. The summed E-state index contributed by atoms with van der Waals surface area (Å²) >= 11 is 5.89. The molecule has 3 aromatic rings. The average Bonchev–Trinajstić information content (AvgIpc) is 2.91. The van der Waals surface area contributed by atoms with Crippen molar-refractivity contribution < 1.29 is 4.74 Å². The summed E-state index contributed by atoms with van der Waals surface area (Å²) in [5.74, 6) is 1.89. The molecule has 4 nitrogen and oxygen atoms in total. The van der Waals surface area contributed by atoms with Gasteiger partial charge in [-0.05, 0) is 74.3 Å². The maximum atomic E-state index is 5.89. The molecule has 0 saturated carbocycles. The van der Waals surface area contributed by atoms with Crippen molar-refractivity contribution >= 4 is 22.6 Å². The maximum Gasteiger partial charge on any atom is 0.119 e. The number of nitrogens with zero attached hydrogens (tertiary/aromatic N) is 2. The molecule has 2 aromatic carbocycles. The Morgan fingerprint density at radius 2 is 1.84 bits per heavy atom. The summed E-state index contributed by atoms with van der Waals surface area (Å²) in [5, 5.41) is 0.717. The van der Waals surface area contributed by atoms with Crippen LogP contribution in [0.5, 0.6) is 5.75 Å². The Morgan fingerprint density at radius 3 is 2.56 bits per heavy atom. The van der Waals surface area contributed by atoms with Crippen LogP contribution in [0.3, 0.4) is 0 Å². The van der Waals surface area contributed by atoms with Crippen LogP contribution in [0.1, 0.15) is 23.4 Å². The van der Waals surface area contributed by atoms with Crippen molar-refractivity contribution in [3.8, 4) is 5.75 Å². The summed E-state index contributed by atoms with van der Waals surface area (Å²) in [7, 11) is 0. The smallest absolute Gasteiger partial charge is 0.119 e. The summed E-state index contributed by atoms with van der Waals surface area (Å²) in [6.07, 6.45) is 1.68. The van der Waals surface area contributed by atoms with Crippen LogP contribution in [0.4, 0.5) is 0 Å². The van der Waals surface area contributed by atoms with Gasteiger partial charge in [0.1, 0.15) is 11.6 Å². The van der Waals surface area contributed by atoms with E-state index in [1.54, 1.807) is 0 Å². The van der Waals surface area contributed by atoms with Crippen LogP contribution in [0, 0.1) is 13.8 Å². The minimum atomic E-state index is 0.600. The number of fused-ring (bicyclic) bond motifs is 1. The molecular formula is C20H24ClN3O. The third-order valence-electron chi connectivity index (χ3n) is 4.42. The summed E-state index contributed by atoms with van der Waals surface area (Å²) in [5.41, 5.74) is 10.5. The molecule has 0 atom stereocenters. The van der Waals surface area contributed by atoms with E-state index in [9.17, 15) is 0 Å². The number of hydrogen-bond acceptors (Lipinski definition) is 3. The van der Waals surface area contributed by atoms with Crippen molar-refractivity contribution in [3.05, 3.63) is 58.4 Å². The second kappa shape index (κ2) is 7.89. The fourth-order valence-electron chi connectivity index (χ4n) is 2.94. The fourth-order valence-corrected chi connectivity index (χ4v) is 3.07. The second-order valence-corrected chi connectivity index (χ2v) is 6.74. The predicted molar refractivity (Wildman–Crippen MR) is 104 cm³/mol. The second-order valence-electron chi connectivity index (χ2n) is 6.30. The van der Waals surface area contributed by atoms with Crippen LogP contribution in [-0.2, 0) is 13.0 Å². The van der Waals surface area contributed by atoms with E-state index in [2.05, 4.69) is 30.5 Å². The number of hydrogen-bond donors (Lipinski definition) is 1. The van der Waals surface area contributed by atoms with Gasteiger partial charge in [-0.3, -0.25) is 0 Å². The van der Waals surface area contributed by atoms with E-state index in [0.29, 0.717) is 18.2 Å². The third-order valence-corrected chi connectivity index (χ3v) is 4.67. The van der Waals surface area contributed by atoms with Gasteiger partial charge >= 0.3 is 0 Å². The fraction of sp³-hybridized carbons (Fsp3) is 0.350. The van der Waals surface area contributed by atoms with Gasteiger partial charge in [0.2, 0.25) is 0 Å². The highest BCUT2D eigenvalue weighted by Gasteiger charge is 2.11. The van der Waals surface area contributed by atoms with E-state index in [1.165, 1.54) is 16.6 Å². The van der Waals surface area contributed by atoms with Crippen molar-refractivity contribution in [2.45, 2.75) is 33.2 Å². The maximum absolute atomic E-state index is 5.89. The number of imidazole rings is 1. The van der Waals surface area contributed by atoms with E-state index in [1.807, 2.05) is 24.3 Å². The zero-order chi connectivity index (χ0) is 17.8. The normalized spacial score (nSPS) is 11.2. The topological polar surface area (TPSA) is 53.1 Å². The number of nitrogens with two attached hydrogens (primary N) is 1. The first-order chi connectivity index (χ1) is 12.1. The first kappa shape index (κ1) is 17.8. The summed E-state index contributed by atoms with van der Waals surface area (Å²) in [6, 6.07) is 11.8. The molecule has 0 amide bonds. The number of aryl methyl sites for hydroxylation is 3. The molecule has 0 saturated heterocycles. The number of halogens is 1. The van der Waals surface area contributed by atoms with Crippen LogP contribution in [0.2, 0.25) is 5.02 Å². The molecule has 0 spiro atoms. The van der Waals surface area contributed by atoms with Gasteiger partial charge in [-0.25, -0.2) is 4.98 Å². The highest BCUT2D eigenvalue weighted by molar-refractivity contribution is 6.30. The van der Waals surface area contributed by atoms with Gasteiger partial charge in [0.15, 0.2) is 0 Å². The number of ether oxygens (including phenoxy) is 1. The Labute approximate surface area is 153 Å². The average molecular weight is 358 g/mol. The molecule has 0 aliphatic carbocycles. The molecule has 2 N–H and O–H groups in total. The van der Waals surface area contributed by atoms with Crippen molar-refractivity contribution in [1.29, 1.82) is 0 Å². The molecule has 0 radical (unpaired) electrons. The van der Waals surface area contributed by atoms with Crippen LogP contribution in [0.15, 0.2) is 36.4 Å². The number of rotatable bonds is 7. The van der Waals surface area contributed by atoms with Gasteiger partial charge in [0, 0.05) is 18.0 Å². The van der Waals surface area contributed by atoms with Gasteiger partial charge < -0.3 is 15.0 Å². The molecule has 0 aliphatic rings. The Balaban J connectivity index is 1.72. The summed E-state index contributed by atoms with van der Waals surface area (Å²) < 4.78 is 8.07. The molecule has 5 heteroatoms. The Morgan fingerprint density at radius 1 is 1.12 bits per heavy atom. The van der Waals surface area contributed by atoms with Gasteiger partial charge in [-0.1, -0.05) is 11.6 Å². The lowest BCUT2D eigenvalue weighted by molar-refractivity contribution is 0.302. The molecular weight excluding hydrogens is 334 g/mol. The molecule has 1 aromatic heterocycles. The quantitative estimate of drug-likeness (QED) is 0.642. The van der Waals surface area contributed by atoms with E-state index < -0.39 is 0 Å². The lowest BCUT2D eigenvalue weighted by atomic mass is 10.1. The van der Waals surface area contributed by atoms with Crippen molar-refractivity contribution in [2.75, 3.05) is 13.2 Å². The standard InChI is InChI=1S/C20H24ClN3O/c1-14-12-18-19(13-15(14)2)24(20(23-18)8-9-22)10-3-11-25-17-6-4-16(21)5-7-17/h4-7,12-13H,3,8-11,22H2,1-2H3. The molecule has 1 heterocycles. The first-order valence-electron chi connectivity index (χ1n) is 8.63. The molecule has 0 fully saturated rings. The number of aromatic nitrogens is 2. The van der Waals surface area contributed by atoms with Gasteiger partial charge in [-0.15, -0.1) is 0 Å². The predicted octanol–water partition coefficient (Wildman–Crippen LogP) is 4.28. The molecule has 0 aliphatic heterocycles. The minimum Gasteiger partial charge on any atom is -0.494 e. The lowest BCUT2D eigenvalue weighted by Gasteiger charge is -2.11. The highest BCUT2D eigenvalue weighted by Crippen LogP contribution is 2.22. The van der Waals surface area contributed by atoms with E-state index >= 15 is 0 Å². The zero-order valence-corrected chi connectivity index (χ0v) is 15.5. The lowest BCUT2D eigenvalue weighted by Crippen LogP contribution is -2.12. The first-order valence-corrected chi connectivity index (χ1v) is 9.01. The monoisotopic (exact) mass is 357 g/mol. The minimum absolute atomic E-state index is 0.600. The Hall–Kier alpha value is -2.04. The van der Waals surface area contributed by atoms with Crippen LogP contribution < -0.4 is 10.5 Å². The third kappa shape index (κ3) is 4.14. The molecule has 25 heavy (non-hydrogen) atoms. The SMILES string of the molecule is Cc1cc2nc(CCN)n(CCCOc3ccc(Cl)cc3)c2cc1C. The largest absolute Gasteiger partial charge is 0.494 e. The number of benzene rings is 2. The van der Waals surface area contributed by atoms with Crippen molar-refractivity contribution in [3.63, 3.8) is 0 Å². The zero-order valence-electron chi connectivity index (χ0n) is 14.8. The molecule has 0 bridgehead atoms. The van der Waals surface area contributed by atoms with Gasteiger partial charge in [0.05, 0.1) is 17.6 Å². The van der Waals surface area contributed by atoms with Crippen LogP contribution in [0.25, 0.3) is 11.0 Å². The molecule has 0 unspecified atom stereocenters. The van der Waals surface area contributed by atoms with Crippen molar-refractivity contribution in [1.82, 2.24) is 9.55 Å². The van der Waals surface area contributed by atoms with E-state index in [4.69, 9.17) is 27.1 Å². The summed E-state index contributed by atoms with van der Waals surface area (Å²) in [4.78, 5) is 4.78. The van der Waals surface area contributed by atoms with Crippen molar-refractivity contribution in [2.24, 2.45) is 5.73 Å². The molecule has 3 rings (SSSR count). The van der Waals surface area contributed by atoms with Gasteiger partial charge in [-0.2, -0.15) is 0 Å². The highest BCUT2D eigenvalue weighted by atomic mass is 35.5. The summed E-state index contributed by atoms with van der Waals surface area (Å²) in [6.45, 7) is 6.37. The van der Waals surface area contributed by atoms with Crippen LogP contribution in [-0.4, -0.2) is 22.7 Å². The molecule has 132 valence electrons. The van der Waals surface area contributed by atoms with Gasteiger partial charge in [0.25, 0.3) is 0 Å². The Kier molecular flexibility index (Phi) is 5.61. The van der Waals surface area contributed by atoms with E-state index in [0.717, 1.165) is 36.5 Å². The van der Waals surface area contributed by atoms with E-state index in [-0.39, 0.29) is 0 Å². The van der Waals surface area contributed by atoms with Crippen LogP contribution >= 0.6 is 11.6 Å².